The Morgan fingerprint density at radius 1 is 1.13 bits per heavy atom. The normalized spacial score (nSPS) is 11.8. The van der Waals surface area contributed by atoms with Crippen molar-refractivity contribution in [1.29, 1.82) is 5.26 Å². The highest BCUT2D eigenvalue weighted by atomic mass is 32.1. The van der Waals surface area contributed by atoms with Crippen LogP contribution in [0.3, 0.4) is 0 Å². The number of hydrogen-bond acceptors (Lipinski definition) is 6. The van der Waals surface area contributed by atoms with Crippen molar-refractivity contribution in [3.63, 3.8) is 0 Å². The molecule has 0 N–H and O–H groups in total. The number of rotatable bonds is 3. The molecule has 0 radical (unpaired) electrons. The van der Waals surface area contributed by atoms with Crippen LogP contribution >= 0.6 is 22.7 Å². The third kappa shape index (κ3) is 3.24. The van der Waals surface area contributed by atoms with Crippen LogP contribution in [0.1, 0.15) is 14.8 Å². The van der Waals surface area contributed by atoms with Crippen molar-refractivity contribution in [2.75, 3.05) is 0 Å². The monoisotopic (exact) mass is 426 g/mol. The molecule has 4 nitrogen and oxygen atoms in total. The summed E-state index contributed by atoms with van der Waals surface area (Å²) in [5.74, 6) is 0. The summed E-state index contributed by atoms with van der Waals surface area (Å²) in [6.07, 6.45) is 1.83. The van der Waals surface area contributed by atoms with Crippen LogP contribution in [0.25, 0.3) is 44.6 Å². The molecule has 0 aliphatic heterocycles. The molecule has 0 fully saturated rings. The molecule has 30 heavy (non-hydrogen) atoms. The molecule has 6 heteroatoms. The van der Waals surface area contributed by atoms with Gasteiger partial charge in [0, 0.05) is 20.5 Å². The van der Waals surface area contributed by atoms with Crippen molar-refractivity contribution in [1.82, 2.24) is 4.98 Å². The van der Waals surface area contributed by atoms with Gasteiger partial charge in [-0.05, 0) is 48.0 Å². The van der Waals surface area contributed by atoms with E-state index in [1.807, 2.05) is 67.6 Å². The number of aryl methyl sites for hydroxylation is 1. The lowest BCUT2D eigenvalue weighted by molar-refractivity contribution is 0.563. The minimum Gasteiger partial charge on any atom is -0.422 e. The minimum atomic E-state index is -0.439. The van der Waals surface area contributed by atoms with Gasteiger partial charge in [-0.2, -0.15) is 5.26 Å². The maximum Gasteiger partial charge on any atom is 0.345 e. The largest absolute Gasteiger partial charge is 0.422 e. The van der Waals surface area contributed by atoms with Crippen molar-refractivity contribution in [3.05, 3.63) is 85.2 Å². The van der Waals surface area contributed by atoms with Gasteiger partial charge in [0.15, 0.2) is 0 Å². The Morgan fingerprint density at radius 2 is 2.00 bits per heavy atom. The molecule has 0 aliphatic carbocycles. The predicted octanol–water partition coefficient (Wildman–Crippen LogP) is 6.50. The van der Waals surface area contributed by atoms with Crippen LogP contribution in [0.5, 0.6) is 0 Å². The fourth-order valence-corrected chi connectivity index (χ4v) is 4.99. The first-order chi connectivity index (χ1) is 14.6. The molecular weight excluding hydrogens is 412 g/mol. The molecule has 0 unspecified atom stereocenters. The highest BCUT2D eigenvalue weighted by Crippen LogP contribution is 2.31. The van der Waals surface area contributed by atoms with Gasteiger partial charge in [0.1, 0.15) is 16.7 Å². The van der Waals surface area contributed by atoms with Crippen LogP contribution in [0.4, 0.5) is 0 Å². The summed E-state index contributed by atoms with van der Waals surface area (Å²) in [5, 5.41) is 14.9. The van der Waals surface area contributed by atoms with Gasteiger partial charge in [-0.15, -0.1) is 22.7 Å². The van der Waals surface area contributed by atoms with E-state index in [-0.39, 0.29) is 0 Å². The Kier molecular flexibility index (Phi) is 4.55. The van der Waals surface area contributed by atoms with E-state index in [0.29, 0.717) is 27.4 Å². The Labute approximate surface area is 180 Å². The Hall–Kier alpha value is -3.53. The van der Waals surface area contributed by atoms with Crippen LogP contribution in [0.15, 0.2) is 69.2 Å². The smallest absolute Gasteiger partial charge is 0.345 e. The lowest BCUT2D eigenvalue weighted by atomic mass is 10.0. The van der Waals surface area contributed by atoms with E-state index in [9.17, 15) is 10.1 Å². The minimum absolute atomic E-state index is 0.394. The maximum absolute atomic E-state index is 12.6. The van der Waals surface area contributed by atoms with Crippen LogP contribution in [-0.2, 0) is 0 Å². The number of aromatic nitrogens is 1. The summed E-state index contributed by atoms with van der Waals surface area (Å²) in [6, 6.07) is 19.8. The van der Waals surface area contributed by atoms with Gasteiger partial charge in [-0.25, -0.2) is 9.78 Å². The second kappa shape index (κ2) is 7.38. The lowest BCUT2D eigenvalue weighted by Crippen LogP contribution is -2.03. The number of benzene rings is 2. The maximum atomic E-state index is 12.6. The van der Waals surface area contributed by atoms with Gasteiger partial charge >= 0.3 is 5.63 Å². The molecule has 5 rings (SSSR count). The van der Waals surface area contributed by atoms with Gasteiger partial charge < -0.3 is 4.42 Å². The van der Waals surface area contributed by atoms with Gasteiger partial charge in [0.05, 0.1) is 16.8 Å². The van der Waals surface area contributed by atoms with E-state index in [4.69, 9.17) is 4.42 Å². The molecule has 0 saturated carbocycles. The predicted molar refractivity (Wildman–Crippen MR) is 124 cm³/mol. The molecule has 0 atom stereocenters. The molecule has 2 aromatic carbocycles. The Bertz CT molecular complexity index is 1550. The molecule has 0 saturated heterocycles. The van der Waals surface area contributed by atoms with Crippen LogP contribution in [0.2, 0.25) is 0 Å². The first kappa shape index (κ1) is 18.5. The number of allylic oxidation sites excluding steroid dienone is 1. The quantitative estimate of drug-likeness (QED) is 0.187. The topological polar surface area (TPSA) is 66.9 Å². The Morgan fingerprint density at radius 3 is 2.80 bits per heavy atom. The van der Waals surface area contributed by atoms with E-state index in [1.54, 1.807) is 16.7 Å². The number of hydrogen-bond donors (Lipinski definition) is 0. The molecular formula is C24H14N2O2S2. The molecule has 0 spiro atoms. The summed E-state index contributed by atoms with van der Waals surface area (Å²) in [4.78, 5) is 19.4. The van der Waals surface area contributed by atoms with Crippen molar-refractivity contribution in [2.24, 2.45) is 0 Å². The average Bonchev–Trinajstić information content (AvgIpc) is 3.40. The van der Waals surface area contributed by atoms with Crippen LogP contribution in [0, 0.1) is 18.3 Å². The van der Waals surface area contributed by atoms with Crippen LogP contribution < -0.4 is 5.63 Å². The van der Waals surface area contributed by atoms with E-state index in [1.165, 1.54) is 16.2 Å². The summed E-state index contributed by atoms with van der Waals surface area (Å²) in [5.41, 5.74) is 1.49. The van der Waals surface area contributed by atoms with Gasteiger partial charge in [-0.1, -0.05) is 30.3 Å². The SMILES string of the molecule is Cc1ccc(C=C(C#N)c2nc(-c3cc4c(ccc5ccccc54)oc3=O)cs2)s1. The molecule has 144 valence electrons. The zero-order valence-electron chi connectivity index (χ0n) is 15.9. The zero-order chi connectivity index (χ0) is 20.7. The van der Waals surface area contributed by atoms with Crippen molar-refractivity contribution >= 4 is 56.1 Å². The van der Waals surface area contributed by atoms with E-state index < -0.39 is 5.63 Å². The molecule has 3 aromatic heterocycles. The highest BCUT2D eigenvalue weighted by molar-refractivity contribution is 7.13. The summed E-state index contributed by atoms with van der Waals surface area (Å²) in [7, 11) is 0. The molecule has 0 aliphatic rings. The highest BCUT2D eigenvalue weighted by Gasteiger charge is 2.15. The third-order valence-electron chi connectivity index (χ3n) is 4.82. The van der Waals surface area contributed by atoms with E-state index in [0.717, 1.165) is 21.0 Å². The van der Waals surface area contributed by atoms with Crippen molar-refractivity contribution in [2.45, 2.75) is 6.92 Å². The van der Waals surface area contributed by atoms with Crippen molar-refractivity contribution < 1.29 is 4.42 Å². The van der Waals surface area contributed by atoms with Gasteiger partial charge in [0.25, 0.3) is 0 Å². The number of thiophene rings is 1. The van der Waals surface area contributed by atoms with Gasteiger partial charge in [0.2, 0.25) is 0 Å². The number of nitriles is 1. The summed E-state index contributed by atoms with van der Waals surface area (Å²) >= 11 is 2.96. The van der Waals surface area contributed by atoms with Crippen LogP contribution in [-0.4, -0.2) is 4.98 Å². The first-order valence-corrected chi connectivity index (χ1v) is 10.9. The fourth-order valence-electron chi connectivity index (χ4n) is 3.39. The second-order valence-electron chi connectivity index (χ2n) is 6.80. The van der Waals surface area contributed by atoms with E-state index >= 15 is 0 Å². The van der Waals surface area contributed by atoms with Gasteiger partial charge in [-0.3, -0.25) is 0 Å². The third-order valence-corrected chi connectivity index (χ3v) is 6.64. The molecule has 0 bridgehead atoms. The average molecular weight is 427 g/mol. The molecule has 5 aromatic rings. The summed E-state index contributed by atoms with van der Waals surface area (Å²) in [6.45, 7) is 2.03. The molecule has 0 amide bonds. The lowest BCUT2D eigenvalue weighted by Gasteiger charge is -2.04. The number of fused-ring (bicyclic) bond motifs is 3. The van der Waals surface area contributed by atoms with E-state index in [2.05, 4.69) is 11.1 Å². The second-order valence-corrected chi connectivity index (χ2v) is 8.98. The summed E-state index contributed by atoms with van der Waals surface area (Å²) < 4.78 is 5.58. The zero-order valence-corrected chi connectivity index (χ0v) is 17.5. The standard InChI is InChI=1S/C24H14N2O2S2/c1-14-6-8-17(30-14)10-16(12-25)23-26-21(13-29-23)20-11-19-18-5-3-2-4-15(18)7-9-22(19)28-24(20)27/h2-11,13H,1H3. The fraction of sp³-hybridized carbons (Fsp3) is 0.0417. The first-order valence-electron chi connectivity index (χ1n) is 9.22. The Balaban J connectivity index is 1.63. The molecule has 3 heterocycles. The number of nitrogens with zero attached hydrogens (tertiary/aromatic N) is 2. The van der Waals surface area contributed by atoms with Crippen molar-refractivity contribution in [3.8, 4) is 17.3 Å². The number of thiazole rings is 1.